The molecule has 6 heteroatoms. The van der Waals surface area contributed by atoms with Gasteiger partial charge in [0.1, 0.15) is 24.6 Å². The van der Waals surface area contributed by atoms with Crippen molar-refractivity contribution in [2.75, 3.05) is 26.4 Å². The van der Waals surface area contributed by atoms with Gasteiger partial charge in [-0.05, 0) is 35.4 Å². The van der Waals surface area contributed by atoms with E-state index in [9.17, 15) is 4.79 Å². The van der Waals surface area contributed by atoms with E-state index in [2.05, 4.69) is 17.4 Å². The number of carbonyl (C=O) groups is 1. The third-order valence-corrected chi connectivity index (χ3v) is 6.22. The molecule has 30 heavy (non-hydrogen) atoms. The lowest BCUT2D eigenvalue weighted by molar-refractivity contribution is -0.122. The molecule has 1 spiro atoms. The van der Waals surface area contributed by atoms with Gasteiger partial charge in [0, 0.05) is 31.2 Å². The van der Waals surface area contributed by atoms with Crippen LogP contribution in [0.3, 0.4) is 0 Å². The molecule has 1 N–H and O–H groups in total. The Balaban J connectivity index is 1.50. The van der Waals surface area contributed by atoms with Crippen LogP contribution in [0, 0.1) is 0 Å². The predicted molar refractivity (Wildman–Crippen MR) is 112 cm³/mol. The van der Waals surface area contributed by atoms with E-state index in [4.69, 9.17) is 18.9 Å². The van der Waals surface area contributed by atoms with E-state index in [1.165, 1.54) is 0 Å². The maximum Gasteiger partial charge on any atom is 0.220 e. The van der Waals surface area contributed by atoms with E-state index >= 15 is 0 Å². The highest BCUT2D eigenvalue weighted by atomic mass is 16.6. The van der Waals surface area contributed by atoms with Crippen molar-refractivity contribution in [2.24, 2.45) is 0 Å². The van der Waals surface area contributed by atoms with Crippen LogP contribution in [-0.2, 0) is 9.53 Å². The van der Waals surface area contributed by atoms with Gasteiger partial charge in [-0.25, -0.2) is 0 Å². The van der Waals surface area contributed by atoms with Gasteiger partial charge in [0.2, 0.25) is 5.91 Å². The average molecular weight is 409 g/mol. The van der Waals surface area contributed by atoms with Crippen LogP contribution in [0.1, 0.15) is 44.2 Å². The van der Waals surface area contributed by atoms with Crippen molar-refractivity contribution in [3.8, 4) is 28.4 Å². The van der Waals surface area contributed by atoms with Crippen molar-refractivity contribution < 1.29 is 23.7 Å². The number of benzene rings is 2. The van der Waals surface area contributed by atoms with Gasteiger partial charge < -0.3 is 24.3 Å². The first-order chi connectivity index (χ1) is 14.7. The van der Waals surface area contributed by atoms with Gasteiger partial charge in [-0.1, -0.05) is 19.1 Å². The maximum atomic E-state index is 12.3. The van der Waals surface area contributed by atoms with Crippen LogP contribution in [0.25, 0.3) is 11.1 Å². The summed E-state index contributed by atoms with van der Waals surface area (Å²) in [5.74, 6) is 2.45. The van der Waals surface area contributed by atoms with Gasteiger partial charge in [0.25, 0.3) is 0 Å². The average Bonchev–Trinajstić information content (AvgIpc) is 2.79. The fourth-order valence-corrected chi connectivity index (χ4v) is 4.55. The molecule has 0 aromatic heterocycles. The van der Waals surface area contributed by atoms with E-state index in [1.54, 1.807) is 0 Å². The molecule has 1 saturated heterocycles. The Hall–Kier alpha value is -2.73. The van der Waals surface area contributed by atoms with Gasteiger partial charge >= 0.3 is 0 Å². The molecule has 1 fully saturated rings. The SMILES string of the molecule is CCC(=O)NC1CC2(CCOCC2)Oc2ccc(-c3ccc4c(c3)OCCO4)cc21. The molecule has 2 aromatic rings. The smallest absolute Gasteiger partial charge is 0.220 e. The summed E-state index contributed by atoms with van der Waals surface area (Å²) in [4.78, 5) is 12.3. The number of nitrogens with one attached hydrogen (secondary N) is 1. The topological polar surface area (TPSA) is 66.0 Å². The summed E-state index contributed by atoms with van der Waals surface area (Å²) in [5.41, 5.74) is 2.87. The molecule has 3 aliphatic rings. The summed E-state index contributed by atoms with van der Waals surface area (Å²) in [6, 6.07) is 12.2. The van der Waals surface area contributed by atoms with E-state index in [1.807, 2.05) is 31.2 Å². The number of carbonyl (C=O) groups excluding carboxylic acids is 1. The highest BCUT2D eigenvalue weighted by molar-refractivity contribution is 5.77. The Labute approximate surface area is 176 Å². The summed E-state index contributed by atoms with van der Waals surface area (Å²) in [7, 11) is 0. The molecule has 158 valence electrons. The Morgan fingerprint density at radius 3 is 2.43 bits per heavy atom. The standard InChI is InChI=1S/C24H27NO5/c1-2-23(26)25-19-15-24(7-9-27-10-8-24)30-20-5-3-16(13-18(19)20)17-4-6-21-22(14-17)29-12-11-28-21/h3-6,13-14,19H,2,7-12,15H2,1H3,(H,25,26). The van der Waals surface area contributed by atoms with Crippen molar-refractivity contribution in [3.63, 3.8) is 0 Å². The van der Waals surface area contributed by atoms with Crippen LogP contribution in [0.4, 0.5) is 0 Å². The van der Waals surface area contributed by atoms with Crippen LogP contribution in [-0.4, -0.2) is 37.9 Å². The largest absolute Gasteiger partial charge is 0.487 e. The predicted octanol–water partition coefficient (Wildman–Crippen LogP) is 4.02. The van der Waals surface area contributed by atoms with Crippen LogP contribution >= 0.6 is 0 Å². The summed E-state index contributed by atoms with van der Waals surface area (Å²) in [6.45, 7) is 4.41. The molecular weight excluding hydrogens is 382 g/mol. The number of rotatable bonds is 3. The Morgan fingerprint density at radius 1 is 0.967 bits per heavy atom. The monoisotopic (exact) mass is 409 g/mol. The van der Waals surface area contributed by atoms with Gasteiger partial charge in [-0.15, -0.1) is 0 Å². The molecule has 0 radical (unpaired) electrons. The molecule has 0 saturated carbocycles. The van der Waals surface area contributed by atoms with Gasteiger partial charge in [-0.3, -0.25) is 4.79 Å². The highest BCUT2D eigenvalue weighted by Crippen LogP contribution is 2.45. The molecular formula is C24H27NO5. The number of hydrogen-bond acceptors (Lipinski definition) is 5. The number of fused-ring (bicyclic) bond motifs is 2. The van der Waals surface area contributed by atoms with E-state index < -0.39 is 0 Å². The van der Waals surface area contributed by atoms with Gasteiger partial charge in [-0.2, -0.15) is 0 Å². The molecule has 1 unspecified atom stereocenters. The second-order valence-electron chi connectivity index (χ2n) is 8.19. The Kier molecular flexibility index (Phi) is 5.03. The lowest BCUT2D eigenvalue weighted by Crippen LogP contribution is -2.48. The number of ether oxygens (including phenoxy) is 4. The molecule has 0 aliphatic carbocycles. The fraction of sp³-hybridized carbons (Fsp3) is 0.458. The lowest BCUT2D eigenvalue weighted by Gasteiger charge is -2.44. The minimum absolute atomic E-state index is 0.0554. The number of hydrogen-bond donors (Lipinski definition) is 1. The van der Waals surface area contributed by atoms with E-state index in [0.717, 1.165) is 53.2 Å². The zero-order chi connectivity index (χ0) is 20.6. The zero-order valence-corrected chi connectivity index (χ0v) is 17.2. The third-order valence-electron chi connectivity index (χ3n) is 6.22. The Bertz CT molecular complexity index is 951. The second kappa shape index (κ2) is 7.84. The summed E-state index contributed by atoms with van der Waals surface area (Å²) in [6.07, 6.45) is 2.91. The van der Waals surface area contributed by atoms with E-state index in [-0.39, 0.29) is 17.6 Å². The molecule has 3 heterocycles. The van der Waals surface area contributed by atoms with Crippen molar-refractivity contribution in [2.45, 2.75) is 44.2 Å². The van der Waals surface area contributed by atoms with Crippen LogP contribution in [0.15, 0.2) is 36.4 Å². The Morgan fingerprint density at radius 2 is 1.67 bits per heavy atom. The maximum absolute atomic E-state index is 12.3. The quantitative estimate of drug-likeness (QED) is 0.829. The fourth-order valence-electron chi connectivity index (χ4n) is 4.55. The van der Waals surface area contributed by atoms with Crippen LogP contribution in [0.5, 0.6) is 17.2 Å². The number of amides is 1. The molecule has 2 aromatic carbocycles. The summed E-state index contributed by atoms with van der Waals surface area (Å²) >= 11 is 0. The first-order valence-electron chi connectivity index (χ1n) is 10.8. The highest BCUT2D eigenvalue weighted by Gasteiger charge is 2.42. The van der Waals surface area contributed by atoms with Crippen molar-refractivity contribution >= 4 is 5.91 Å². The third kappa shape index (κ3) is 3.60. The van der Waals surface area contributed by atoms with Crippen molar-refractivity contribution in [3.05, 3.63) is 42.0 Å². The molecule has 1 amide bonds. The van der Waals surface area contributed by atoms with Gasteiger partial charge in [0.15, 0.2) is 11.5 Å². The molecule has 0 bridgehead atoms. The first kappa shape index (κ1) is 19.2. The van der Waals surface area contributed by atoms with Gasteiger partial charge in [0.05, 0.1) is 19.3 Å². The minimum Gasteiger partial charge on any atom is -0.487 e. The second-order valence-corrected chi connectivity index (χ2v) is 8.19. The van der Waals surface area contributed by atoms with Crippen LogP contribution < -0.4 is 19.5 Å². The molecule has 6 nitrogen and oxygen atoms in total. The molecule has 1 atom stereocenters. The summed E-state index contributed by atoms with van der Waals surface area (Å²) in [5, 5.41) is 3.22. The minimum atomic E-state index is -0.268. The van der Waals surface area contributed by atoms with Crippen molar-refractivity contribution in [1.29, 1.82) is 0 Å². The molecule has 5 rings (SSSR count). The first-order valence-corrected chi connectivity index (χ1v) is 10.8. The molecule has 3 aliphatic heterocycles. The summed E-state index contributed by atoms with van der Waals surface area (Å²) < 4.78 is 23.4. The zero-order valence-electron chi connectivity index (χ0n) is 17.2. The lowest BCUT2D eigenvalue weighted by atomic mass is 9.81. The van der Waals surface area contributed by atoms with Crippen LogP contribution in [0.2, 0.25) is 0 Å². The van der Waals surface area contributed by atoms with E-state index in [0.29, 0.717) is 32.8 Å². The van der Waals surface area contributed by atoms with Crippen molar-refractivity contribution in [1.82, 2.24) is 5.32 Å². The normalized spacial score (nSPS) is 21.4.